The largest absolute Gasteiger partial charge is 0.275 e. The fourth-order valence-corrected chi connectivity index (χ4v) is 2.83. The molecular weight excluding hydrogens is 301 g/mol. The second kappa shape index (κ2) is 6.30. The molecule has 1 heterocycles. The van der Waals surface area contributed by atoms with Gasteiger partial charge in [0.15, 0.2) is 0 Å². The summed E-state index contributed by atoms with van der Waals surface area (Å²) in [5.74, 6) is -0.313. The van der Waals surface area contributed by atoms with Crippen LogP contribution < -0.4 is 4.72 Å². The van der Waals surface area contributed by atoms with Gasteiger partial charge in [-0.15, -0.1) is 0 Å². The summed E-state index contributed by atoms with van der Waals surface area (Å²) >= 11 is 0. The second-order valence-corrected chi connectivity index (χ2v) is 8.36. The monoisotopic (exact) mass is 323 g/mol. The lowest BCUT2D eigenvalue weighted by Gasteiger charge is -2.22. The van der Waals surface area contributed by atoms with Crippen LogP contribution in [0.25, 0.3) is 11.1 Å². The van der Waals surface area contributed by atoms with E-state index in [2.05, 4.69) is 9.82 Å². The molecule has 0 aliphatic carbocycles. The van der Waals surface area contributed by atoms with Crippen molar-refractivity contribution in [1.29, 1.82) is 0 Å². The first-order chi connectivity index (χ1) is 10.2. The third-order valence-electron chi connectivity index (χ3n) is 3.35. The van der Waals surface area contributed by atoms with Crippen molar-refractivity contribution in [3.05, 3.63) is 42.0 Å². The number of aromatic nitrogens is 2. The third-order valence-corrected chi connectivity index (χ3v) is 5.03. The topological polar surface area (TPSA) is 46.9 Å². The van der Waals surface area contributed by atoms with Gasteiger partial charge in [0.2, 0.25) is 0 Å². The Bertz CT molecular complexity index is 691. The second-order valence-electron chi connectivity index (χ2n) is 6.36. The Hall–Kier alpha value is -1.53. The molecule has 0 bridgehead atoms. The van der Waals surface area contributed by atoms with Crippen molar-refractivity contribution in [2.24, 2.45) is 7.05 Å². The van der Waals surface area contributed by atoms with Crippen LogP contribution in [-0.4, -0.2) is 18.7 Å². The summed E-state index contributed by atoms with van der Waals surface area (Å²) in [6, 6.07) is 4.75. The Morgan fingerprint density at radius 3 is 2.50 bits per heavy atom. The fourth-order valence-electron chi connectivity index (χ4n) is 2.03. The van der Waals surface area contributed by atoms with E-state index in [9.17, 15) is 8.60 Å². The lowest BCUT2D eigenvalue weighted by Crippen LogP contribution is -2.35. The van der Waals surface area contributed by atoms with E-state index >= 15 is 0 Å². The molecule has 4 nitrogen and oxygen atoms in total. The van der Waals surface area contributed by atoms with E-state index in [0.717, 1.165) is 11.1 Å². The molecule has 22 heavy (non-hydrogen) atoms. The molecule has 2 atom stereocenters. The molecule has 2 aromatic rings. The van der Waals surface area contributed by atoms with Crippen LogP contribution in [-0.2, 0) is 18.0 Å². The molecule has 1 aromatic carbocycles. The van der Waals surface area contributed by atoms with Gasteiger partial charge >= 0.3 is 0 Å². The normalized spacial score (nSPS) is 14.8. The van der Waals surface area contributed by atoms with Gasteiger partial charge in [0.05, 0.1) is 21.9 Å². The molecule has 6 heteroatoms. The zero-order valence-electron chi connectivity index (χ0n) is 13.6. The van der Waals surface area contributed by atoms with E-state index in [1.165, 1.54) is 6.07 Å². The summed E-state index contributed by atoms with van der Waals surface area (Å²) in [7, 11) is 0.577. The lowest BCUT2D eigenvalue weighted by molar-refractivity contribution is 0.572. The van der Waals surface area contributed by atoms with Crippen molar-refractivity contribution in [1.82, 2.24) is 14.5 Å². The first-order valence-corrected chi connectivity index (χ1v) is 8.30. The van der Waals surface area contributed by atoms with E-state index in [1.54, 1.807) is 16.9 Å². The highest BCUT2D eigenvalue weighted by Crippen LogP contribution is 2.25. The summed E-state index contributed by atoms with van der Waals surface area (Å²) in [4.78, 5) is 0. The van der Waals surface area contributed by atoms with Crippen LogP contribution in [0, 0.1) is 5.82 Å². The van der Waals surface area contributed by atoms with Crippen molar-refractivity contribution < 1.29 is 8.60 Å². The highest BCUT2D eigenvalue weighted by Gasteiger charge is 2.23. The Morgan fingerprint density at radius 2 is 2.00 bits per heavy atom. The molecular formula is C16H22FN3OS. The summed E-state index contributed by atoms with van der Waals surface area (Å²) in [6.45, 7) is 7.45. The van der Waals surface area contributed by atoms with Crippen LogP contribution in [0.2, 0.25) is 0 Å². The Labute approximate surface area is 133 Å². The van der Waals surface area contributed by atoms with E-state index in [4.69, 9.17) is 0 Å². The standard InChI is InChI=1S/C16H22FN3OS/c1-11(19-22(21)16(2,3)4)14-7-6-12(8-15(14)17)13-9-18-20(5)10-13/h6-11,19H,1-5H3/t11-,22?/m0/s1. The zero-order valence-corrected chi connectivity index (χ0v) is 14.4. The molecule has 2 rings (SSSR count). The van der Waals surface area contributed by atoms with Crippen molar-refractivity contribution in [3.8, 4) is 11.1 Å². The van der Waals surface area contributed by atoms with Gasteiger partial charge < -0.3 is 0 Å². The smallest absolute Gasteiger partial charge is 0.128 e. The molecule has 0 fully saturated rings. The quantitative estimate of drug-likeness (QED) is 0.938. The van der Waals surface area contributed by atoms with Crippen LogP contribution >= 0.6 is 0 Å². The molecule has 120 valence electrons. The van der Waals surface area contributed by atoms with E-state index in [-0.39, 0.29) is 16.6 Å². The maximum absolute atomic E-state index is 14.4. The van der Waals surface area contributed by atoms with Gasteiger partial charge in [-0.05, 0) is 39.3 Å². The Balaban J connectivity index is 2.21. The molecule has 1 unspecified atom stereocenters. The minimum absolute atomic E-state index is 0.313. The molecule has 1 aromatic heterocycles. The number of rotatable bonds is 4. The van der Waals surface area contributed by atoms with Crippen LogP contribution in [0.3, 0.4) is 0 Å². The summed E-state index contributed by atoms with van der Waals surface area (Å²) in [6.07, 6.45) is 3.54. The number of nitrogens with one attached hydrogen (secondary N) is 1. The van der Waals surface area contributed by atoms with Gasteiger partial charge in [-0.25, -0.2) is 13.3 Å². The van der Waals surface area contributed by atoms with Crippen LogP contribution in [0.15, 0.2) is 30.6 Å². The number of hydrogen-bond acceptors (Lipinski definition) is 2. The predicted octanol–water partition coefficient (Wildman–Crippen LogP) is 3.34. The van der Waals surface area contributed by atoms with Crippen LogP contribution in [0.5, 0.6) is 0 Å². The first kappa shape index (κ1) is 16.8. The van der Waals surface area contributed by atoms with Crippen molar-refractivity contribution in [2.45, 2.75) is 38.5 Å². The molecule has 0 radical (unpaired) electrons. The molecule has 0 spiro atoms. The van der Waals surface area contributed by atoms with Crippen LogP contribution in [0.4, 0.5) is 4.39 Å². The zero-order chi connectivity index (χ0) is 16.5. The Kier molecular flexibility index (Phi) is 4.82. The highest BCUT2D eigenvalue weighted by atomic mass is 32.2. The lowest BCUT2D eigenvalue weighted by atomic mass is 10.0. The SMILES string of the molecule is C[C@H](NS(=O)C(C)(C)C)c1ccc(-c2cnn(C)c2)cc1F. The minimum atomic E-state index is -1.24. The third kappa shape index (κ3) is 3.81. The molecule has 0 saturated heterocycles. The Morgan fingerprint density at radius 1 is 1.32 bits per heavy atom. The van der Waals surface area contributed by atoms with Gasteiger partial charge in [0, 0.05) is 30.4 Å². The number of benzene rings is 1. The fraction of sp³-hybridized carbons (Fsp3) is 0.438. The average Bonchev–Trinajstić information content (AvgIpc) is 2.84. The summed E-state index contributed by atoms with van der Waals surface area (Å²) in [5.41, 5.74) is 2.15. The van der Waals surface area contributed by atoms with E-state index in [0.29, 0.717) is 5.56 Å². The number of nitrogens with zero attached hydrogens (tertiary/aromatic N) is 2. The van der Waals surface area contributed by atoms with E-state index < -0.39 is 11.0 Å². The number of aryl methyl sites for hydroxylation is 1. The van der Waals surface area contributed by atoms with E-state index in [1.807, 2.05) is 47.0 Å². The summed E-state index contributed by atoms with van der Waals surface area (Å²) < 4.78 is 30.7. The maximum atomic E-state index is 14.4. The molecule has 0 saturated carbocycles. The molecule has 0 amide bonds. The maximum Gasteiger partial charge on any atom is 0.128 e. The van der Waals surface area contributed by atoms with Crippen molar-refractivity contribution in [2.75, 3.05) is 0 Å². The van der Waals surface area contributed by atoms with Crippen molar-refractivity contribution in [3.63, 3.8) is 0 Å². The number of hydrogen-bond donors (Lipinski definition) is 1. The van der Waals surface area contributed by atoms with Gasteiger partial charge in [-0.2, -0.15) is 5.10 Å². The van der Waals surface area contributed by atoms with Crippen LogP contribution in [0.1, 0.15) is 39.3 Å². The van der Waals surface area contributed by atoms with Gasteiger partial charge in [-0.1, -0.05) is 12.1 Å². The van der Waals surface area contributed by atoms with Crippen molar-refractivity contribution >= 4 is 11.0 Å². The average molecular weight is 323 g/mol. The predicted molar refractivity (Wildman–Crippen MR) is 88.0 cm³/mol. The molecule has 1 N–H and O–H groups in total. The van der Waals surface area contributed by atoms with Gasteiger partial charge in [0.1, 0.15) is 5.82 Å². The van der Waals surface area contributed by atoms with Gasteiger partial charge in [-0.3, -0.25) is 4.68 Å². The highest BCUT2D eigenvalue weighted by molar-refractivity contribution is 7.84. The van der Waals surface area contributed by atoms with Gasteiger partial charge in [0.25, 0.3) is 0 Å². The summed E-state index contributed by atoms with van der Waals surface area (Å²) in [5, 5.41) is 4.09. The first-order valence-electron chi connectivity index (χ1n) is 7.15. The molecule has 0 aliphatic rings. The minimum Gasteiger partial charge on any atom is -0.275 e. The number of halogens is 1. The molecule has 0 aliphatic heterocycles.